The van der Waals surface area contributed by atoms with E-state index in [0.717, 1.165) is 31.7 Å². The van der Waals surface area contributed by atoms with E-state index in [1.165, 1.54) is 20.5 Å². The van der Waals surface area contributed by atoms with Crippen LogP contribution in [0.15, 0.2) is 41.0 Å². The molecule has 1 aromatic heterocycles. The van der Waals surface area contributed by atoms with E-state index in [2.05, 4.69) is 10.2 Å². The van der Waals surface area contributed by atoms with E-state index in [0.29, 0.717) is 23.6 Å². The van der Waals surface area contributed by atoms with E-state index in [1.807, 2.05) is 12.1 Å². The number of Topliss-reactive ketones (excluding diaryl/α,β-unsaturated/α-hetero) is 1. The number of nitrogens with zero attached hydrogens (tertiary/aromatic N) is 1. The summed E-state index contributed by atoms with van der Waals surface area (Å²) in [5, 5.41) is 2.95. The van der Waals surface area contributed by atoms with E-state index >= 15 is 0 Å². The second-order valence-electron chi connectivity index (χ2n) is 7.14. The number of ketones is 1. The van der Waals surface area contributed by atoms with Gasteiger partial charge in [0.25, 0.3) is 5.91 Å². The zero-order chi connectivity index (χ0) is 20.6. The molecular weight excluding hydrogens is 372 g/mol. The molecule has 1 amide bonds. The first kappa shape index (κ1) is 20.9. The zero-order valence-electron chi connectivity index (χ0n) is 17.0. The Labute approximate surface area is 171 Å². The maximum absolute atomic E-state index is 12.4. The Bertz CT molecular complexity index is 813. The molecule has 0 saturated carbocycles. The minimum absolute atomic E-state index is 0.0126. The Morgan fingerprint density at radius 3 is 2.62 bits per heavy atom. The molecule has 1 fully saturated rings. The maximum atomic E-state index is 12.4. The van der Waals surface area contributed by atoms with Crippen molar-refractivity contribution >= 4 is 11.7 Å². The third-order valence-corrected chi connectivity index (χ3v) is 5.12. The fourth-order valence-electron chi connectivity index (χ4n) is 3.53. The highest BCUT2D eigenvalue weighted by Gasteiger charge is 2.25. The van der Waals surface area contributed by atoms with E-state index in [-0.39, 0.29) is 24.3 Å². The lowest BCUT2D eigenvalue weighted by molar-refractivity contribution is -0.123. The van der Waals surface area contributed by atoms with Gasteiger partial charge in [-0.2, -0.15) is 0 Å². The van der Waals surface area contributed by atoms with Crippen LogP contribution in [0.4, 0.5) is 0 Å². The number of carbonyl (C=O) groups excluding carboxylic acids is 2. The van der Waals surface area contributed by atoms with Gasteiger partial charge in [-0.15, -0.1) is 0 Å². The number of amides is 1. The first-order chi connectivity index (χ1) is 14.1. The molecular formula is C22H28N2O5. The van der Waals surface area contributed by atoms with Gasteiger partial charge in [-0.25, -0.2) is 0 Å². The van der Waals surface area contributed by atoms with Crippen molar-refractivity contribution < 1.29 is 23.5 Å². The summed E-state index contributed by atoms with van der Waals surface area (Å²) in [7, 11) is 1.50. The van der Waals surface area contributed by atoms with Gasteiger partial charge in [-0.3, -0.25) is 14.5 Å². The first-order valence-electron chi connectivity index (χ1n) is 9.94. The van der Waals surface area contributed by atoms with Crippen molar-refractivity contribution in [3.8, 4) is 11.5 Å². The molecule has 1 N–H and O–H groups in total. The molecule has 0 spiro atoms. The molecule has 3 rings (SSSR count). The number of rotatable bonds is 9. The van der Waals surface area contributed by atoms with Crippen LogP contribution in [-0.4, -0.2) is 49.9 Å². The van der Waals surface area contributed by atoms with Crippen LogP contribution in [0.5, 0.6) is 11.5 Å². The molecule has 2 heterocycles. The normalized spacial score (nSPS) is 15.5. The summed E-state index contributed by atoms with van der Waals surface area (Å²) in [4.78, 5) is 26.2. The third-order valence-electron chi connectivity index (χ3n) is 5.12. The van der Waals surface area contributed by atoms with Crippen molar-refractivity contribution in [1.82, 2.24) is 10.2 Å². The summed E-state index contributed by atoms with van der Waals surface area (Å²) in [6, 6.07) is 8.73. The Morgan fingerprint density at radius 2 is 1.97 bits per heavy atom. The second-order valence-corrected chi connectivity index (χ2v) is 7.14. The molecule has 1 saturated heterocycles. The molecule has 2 aromatic rings. The van der Waals surface area contributed by atoms with Gasteiger partial charge in [0.05, 0.1) is 19.4 Å². The topological polar surface area (TPSA) is 81.0 Å². The van der Waals surface area contributed by atoms with Crippen LogP contribution in [0.3, 0.4) is 0 Å². The highest BCUT2D eigenvalue weighted by Crippen LogP contribution is 2.28. The van der Waals surface area contributed by atoms with Crippen LogP contribution in [0.2, 0.25) is 0 Å². The monoisotopic (exact) mass is 400 g/mol. The number of benzene rings is 1. The average molecular weight is 400 g/mol. The number of methoxy groups -OCH3 is 1. The fourth-order valence-corrected chi connectivity index (χ4v) is 3.53. The quantitative estimate of drug-likeness (QED) is 0.651. The number of carbonyl (C=O) groups is 2. The Kier molecular flexibility index (Phi) is 7.30. The van der Waals surface area contributed by atoms with E-state index < -0.39 is 0 Å². The van der Waals surface area contributed by atoms with Crippen molar-refractivity contribution in [3.05, 3.63) is 47.9 Å². The van der Waals surface area contributed by atoms with Crippen LogP contribution in [0.25, 0.3) is 0 Å². The molecule has 0 aliphatic carbocycles. The van der Waals surface area contributed by atoms with Gasteiger partial charge in [0.2, 0.25) is 0 Å². The van der Waals surface area contributed by atoms with Crippen LogP contribution in [0, 0.1) is 0 Å². The molecule has 1 atom stereocenters. The van der Waals surface area contributed by atoms with Crippen molar-refractivity contribution in [2.24, 2.45) is 0 Å². The van der Waals surface area contributed by atoms with Gasteiger partial charge >= 0.3 is 0 Å². The number of furan rings is 1. The number of piperidine rings is 1. The molecule has 0 radical (unpaired) electrons. The molecule has 29 heavy (non-hydrogen) atoms. The molecule has 0 bridgehead atoms. The summed E-state index contributed by atoms with van der Waals surface area (Å²) >= 11 is 0. The summed E-state index contributed by atoms with van der Waals surface area (Å²) in [6.07, 6.45) is 5.22. The third kappa shape index (κ3) is 5.60. The predicted molar refractivity (Wildman–Crippen MR) is 108 cm³/mol. The Morgan fingerprint density at radius 1 is 1.17 bits per heavy atom. The van der Waals surface area contributed by atoms with Crippen molar-refractivity contribution in [3.63, 3.8) is 0 Å². The highest BCUT2D eigenvalue weighted by molar-refractivity contribution is 5.94. The average Bonchev–Trinajstić information content (AvgIpc) is 3.27. The molecule has 7 nitrogen and oxygen atoms in total. The molecule has 1 aliphatic rings. The summed E-state index contributed by atoms with van der Waals surface area (Å²) < 4.78 is 16.5. The number of hydrogen-bond donors (Lipinski definition) is 1. The van der Waals surface area contributed by atoms with Gasteiger partial charge in [-0.05, 0) is 63.2 Å². The van der Waals surface area contributed by atoms with Crippen LogP contribution < -0.4 is 14.8 Å². The summed E-state index contributed by atoms with van der Waals surface area (Å²) in [5.74, 6) is 1.42. The summed E-state index contributed by atoms with van der Waals surface area (Å²) in [6.45, 7) is 3.80. The number of likely N-dealkylation sites (tertiary alicyclic amines) is 1. The molecule has 1 aliphatic heterocycles. The van der Waals surface area contributed by atoms with E-state index in [1.54, 1.807) is 24.5 Å². The number of nitrogens with one attached hydrogen (secondary N) is 1. The highest BCUT2D eigenvalue weighted by atomic mass is 16.5. The van der Waals surface area contributed by atoms with Gasteiger partial charge in [-0.1, -0.05) is 6.42 Å². The van der Waals surface area contributed by atoms with Crippen LogP contribution in [-0.2, 0) is 4.79 Å². The number of hydrogen-bond acceptors (Lipinski definition) is 6. The van der Waals surface area contributed by atoms with Crippen molar-refractivity contribution in [2.75, 3.05) is 33.4 Å². The van der Waals surface area contributed by atoms with E-state index in [9.17, 15) is 9.59 Å². The SMILES string of the molecule is COc1cc(C(C)=O)ccc1OCC(=O)NCC(c1ccco1)N1CCCCC1. The molecule has 7 heteroatoms. The minimum Gasteiger partial charge on any atom is -0.493 e. The van der Waals surface area contributed by atoms with Gasteiger partial charge < -0.3 is 19.2 Å². The standard InChI is InChI=1S/C22H28N2O5/c1-16(25)17-8-9-20(21(13-17)27-2)29-15-22(26)23-14-18(19-7-6-12-28-19)24-10-4-3-5-11-24/h6-9,12-13,18H,3-5,10-11,14-15H2,1-2H3,(H,23,26). The van der Waals surface area contributed by atoms with Crippen LogP contribution in [0.1, 0.15) is 48.3 Å². The summed E-state index contributed by atoms with van der Waals surface area (Å²) in [5.41, 5.74) is 0.529. The lowest BCUT2D eigenvalue weighted by Crippen LogP contribution is -2.41. The second kappa shape index (κ2) is 10.1. The lowest BCUT2D eigenvalue weighted by Gasteiger charge is -2.33. The van der Waals surface area contributed by atoms with Crippen LogP contribution >= 0.6 is 0 Å². The molecule has 1 unspecified atom stereocenters. The van der Waals surface area contributed by atoms with Crippen molar-refractivity contribution in [2.45, 2.75) is 32.2 Å². The maximum Gasteiger partial charge on any atom is 0.258 e. The smallest absolute Gasteiger partial charge is 0.258 e. The van der Waals surface area contributed by atoms with Gasteiger partial charge in [0.15, 0.2) is 23.9 Å². The van der Waals surface area contributed by atoms with Crippen molar-refractivity contribution in [1.29, 1.82) is 0 Å². The van der Waals surface area contributed by atoms with Gasteiger partial charge in [0.1, 0.15) is 5.76 Å². The number of ether oxygens (including phenoxy) is 2. The zero-order valence-corrected chi connectivity index (χ0v) is 17.0. The Balaban J connectivity index is 1.56. The lowest BCUT2D eigenvalue weighted by atomic mass is 10.1. The van der Waals surface area contributed by atoms with Gasteiger partial charge in [0, 0.05) is 12.1 Å². The minimum atomic E-state index is -0.226. The fraction of sp³-hybridized carbons (Fsp3) is 0.455. The Hall–Kier alpha value is -2.80. The van der Waals surface area contributed by atoms with E-state index in [4.69, 9.17) is 13.9 Å². The molecule has 156 valence electrons. The largest absolute Gasteiger partial charge is 0.493 e. The predicted octanol–water partition coefficient (Wildman–Crippen LogP) is 3.21. The first-order valence-corrected chi connectivity index (χ1v) is 9.94. The molecule has 1 aromatic carbocycles.